The number of nitrogens with zero attached hydrogens (tertiary/aromatic N) is 2. The lowest BCUT2D eigenvalue weighted by molar-refractivity contribution is -0.138. The van der Waals surface area contributed by atoms with Crippen LogP contribution >= 0.6 is 0 Å². The summed E-state index contributed by atoms with van der Waals surface area (Å²) in [5.41, 5.74) is 7.44. The molecule has 0 spiro atoms. The number of pyridine rings is 2. The fraction of sp³-hybridized carbons (Fsp3) is 0.514. The van der Waals surface area contributed by atoms with Gasteiger partial charge in [0.2, 0.25) is 11.8 Å². The van der Waals surface area contributed by atoms with Crippen LogP contribution in [0.25, 0.3) is 11.4 Å². The number of ketones is 4. The van der Waals surface area contributed by atoms with Gasteiger partial charge in [-0.05, 0) is 62.1 Å². The zero-order chi connectivity index (χ0) is 35.3. The molecule has 0 aliphatic heterocycles. The van der Waals surface area contributed by atoms with Gasteiger partial charge < -0.3 is 21.5 Å². The molecule has 2 aromatic heterocycles. The maximum Gasteiger partial charge on any atom is 0.303 e. The van der Waals surface area contributed by atoms with E-state index in [1.54, 1.807) is 37.5 Å². The normalized spacial score (nSPS) is 12.0. The monoisotopic (exact) mass is 665 g/mol. The molecule has 2 rings (SSSR count). The van der Waals surface area contributed by atoms with Gasteiger partial charge in [0.1, 0.15) is 17.3 Å². The van der Waals surface area contributed by atoms with E-state index in [1.165, 1.54) is 0 Å². The van der Waals surface area contributed by atoms with Crippen molar-refractivity contribution in [2.45, 2.75) is 96.4 Å². The van der Waals surface area contributed by atoms with E-state index in [-0.39, 0.29) is 100 Å². The van der Waals surface area contributed by atoms with Crippen molar-refractivity contribution in [3.63, 3.8) is 0 Å². The molecule has 0 radical (unpaired) electrons. The number of aromatic nitrogens is 2. The van der Waals surface area contributed by atoms with Gasteiger partial charge in [-0.2, -0.15) is 0 Å². The highest BCUT2D eigenvalue weighted by molar-refractivity contribution is 5.90. The number of amides is 2. The van der Waals surface area contributed by atoms with Crippen LogP contribution in [0.5, 0.6) is 0 Å². The number of hydrogen-bond donors (Lipinski definition) is 4. The second-order valence-electron chi connectivity index (χ2n) is 11.6. The molecule has 2 unspecified atom stereocenters. The number of carbonyl (C=O) groups is 7. The molecule has 0 saturated carbocycles. The van der Waals surface area contributed by atoms with E-state index in [4.69, 9.17) is 10.8 Å². The lowest BCUT2D eigenvalue weighted by Crippen LogP contribution is -2.43. The van der Waals surface area contributed by atoms with Crippen LogP contribution in [-0.4, -0.2) is 75.1 Å². The molecule has 13 nitrogen and oxygen atoms in total. The molecular weight excluding hydrogens is 618 g/mol. The van der Waals surface area contributed by atoms with Crippen molar-refractivity contribution in [3.05, 3.63) is 48.3 Å². The number of hydrogen-bond acceptors (Lipinski definition) is 10. The smallest absolute Gasteiger partial charge is 0.303 e. The number of nitrogens with one attached hydrogen (secondary N) is 2. The summed E-state index contributed by atoms with van der Waals surface area (Å²) in [6.45, 7) is 1.90. The molecule has 13 heteroatoms. The Balaban J connectivity index is 2.04. The van der Waals surface area contributed by atoms with Crippen molar-refractivity contribution < 1.29 is 38.7 Å². The first-order valence-corrected chi connectivity index (χ1v) is 16.4. The van der Waals surface area contributed by atoms with E-state index >= 15 is 0 Å². The Bertz CT molecular complexity index is 1400. The molecule has 2 aromatic rings. The molecule has 0 aliphatic carbocycles. The minimum Gasteiger partial charge on any atom is -0.481 e. The summed E-state index contributed by atoms with van der Waals surface area (Å²) in [6.07, 6.45) is 4.71. The minimum atomic E-state index is -1.11. The quantitative estimate of drug-likeness (QED) is 0.121. The molecular formula is C35H47N5O8. The summed E-state index contributed by atoms with van der Waals surface area (Å²) in [7, 11) is 0. The zero-order valence-electron chi connectivity index (χ0n) is 27.6. The predicted octanol–water partition coefficient (Wildman–Crippen LogP) is 2.92. The van der Waals surface area contributed by atoms with Crippen LogP contribution in [0.15, 0.2) is 42.7 Å². The van der Waals surface area contributed by atoms with Gasteiger partial charge in [0.25, 0.3) is 0 Å². The number of aliphatic carboxylic acids is 1. The molecule has 2 atom stereocenters. The van der Waals surface area contributed by atoms with Crippen LogP contribution in [0.2, 0.25) is 0 Å². The number of carboxylic acid groups (broad SMARTS) is 1. The number of Topliss-reactive ketones (excluding diaryl/α,β-unsaturated/α-hetero) is 4. The van der Waals surface area contributed by atoms with Gasteiger partial charge in [-0.3, -0.25) is 43.5 Å². The average molecular weight is 666 g/mol. The van der Waals surface area contributed by atoms with Gasteiger partial charge in [0, 0.05) is 82.6 Å². The molecule has 260 valence electrons. The van der Waals surface area contributed by atoms with E-state index in [9.17, 15) is 33.6 Å². The maximum absolute atomic E-state index is 13.4. The van der Waals surface area contributed by atoms with Gasteiger partial charge in [0.05, 0.1) is 17.4 Å². The molecule has 2 amide bonds. The van der Waals surface area contributed by atoms with E-state index in [2.05, 4.69) is 20.6 Å². The first kappa shape index (κ1) is 39.5. The molecule has 0 aromatic carbocycles. The minimum absolute atomic E-state index is 0.0138. The van der Waals surface area contributed by atoms with Crippen molar-refractivity contribution >= 4 is 40.9 Å². The first-order chi connectivity index (χ1) is 23.0. The SMILES string of the molecule is CCC(=O)CCCC(=O)C(CCC(=O)O)NC(=O)CCNC(=O)C(CC(=O)CCCC(=O)CCN)Cc1ccnc(-c2ccccn2)c1. The van der Waals surface area contributed by atoms with Crippen molar-refractivity contribution in [2.75, 3.05) is 13.1 Å². The van der Waals surface area contributed by atoms with Crippen LogP contribution in [0.4, 0.5) is 0 Å². The fourth-order valence-electron chi connectivity index (χ4n) is 5.05. The summed E-state index contributed by atoms with van der Waals surface area (Å²) in [6, 6.07) is 7.96. The third-order valence-electron chi connectivity index (χ3n) is 7.71. The molecule has 0 aliphatic rings. The summed E-state index contributed by atoms with van der Waals surface area (Å²) < 4.78 is 0. The Morgan fingerprint density at radius 1 is 0.812 bits per heavy atom. The van der Waals surface area contributed by atoms with Gasteiger partial charge in [-0.1, -0.05) is 13.0 Å². The molecule has 0 saturated heterocycles. The van der Waals surface area contributed by atoms with E-state index < -0.39 is 29.7 Å². The Morgan fingerprint density at radius 2 is 1.52 bits per heavy atom. The molecule has 0 fully saturated rings. The highest BCUT2D eigenvalue weighted by atomic mass is 16.4. The van der Waals surface area contributed by atoms with Crippen molar-refractivity contribution in [2.24, 2.45) is 11.7 Å². The molecule has 0 bridgehead atoms. The third kappa shape index (κ3) is 15.8. The van der Waals surface area contributed by atoms with Crippen LogP contribution < -0.4 is 16.4 Å². The van der Waals surface area contributed by atoms with Crippen molar-refractivity contribution in [3.8, 4) is 11.4 Å². The van der Waals surface area contributed by atoms with Crippen LogP contribution in [0.1, 0.15) is 89.5 Å². The largest absolute Gasteiger partial charge is 0.481 e. The molecule has 48 heavy (non-hydrogen) atoms. The Kier molecular flexibility index (Phi) is 18.1. The highest BCUT2D eigenvalue weighted by Gasteiger charge is 2.24. The highest BCUT2D eigenvalue weighted by Crippen LogP contribution is 2.20. The van der Waals surface area contributed by atoms with Gasteiger partial charge >= 0.3 is 5.97 Å². The van der Waals surface area contributed by atoms with Crippen LogP contribution in [0, 0.1) is 5.92 Å². The van der Waals surface area contributed by atoms with Gasteiger partial charge in [0.15, 0.2) is 5.78 Å². The average Bonchev–Trinajstić information content (AvgIpc) is 3.06. The van der Waals surface area contributed by atoms with Gasteiger partial charge in [-0.15, -0.1) is 0 Å². The first-order valence-electron chi connectivity index (χ1n) is 16.4. The van der Waals surface area contributed by atoms with Crippen LogP contribution in [0.3, 0.4) is 0 Å². The summed E-state index contributed by atoms with van der Waals surface area (Å²) >= 11 is 0. The van der Waals surface area contributed by atoms with Crippen molar-refractivity contribution in [1.82, 2.24) is 20.6 Å². The molecule has 5 N–H and O–H groups in total. The van der Waals surface area contributed by atoms with E-state index in [0.29, 0.717) is 30.7 Å². The summed E-state index contributed by atoms with van der Waals surface area (Å²) in [5, 5.41) is 14.4. The fourth-order valence-corrected chi connectivity index (χ4v) is 5.05. The topological polar surface area (TPSA) is 216 Å². The number of carbonyl (C=O) groups excluding carboxylic acids is 6. The van der Waals surface area contributed by atoms with Crippen LogP contribution in [-0.2, 0) is 40.0 Å². The zero-order valence-corrected chi connectivity index (χ0v) is 27.6. The summed E-state index contributed by atoms with van der Waals surface area (Å²) in [4.78, 5) is 94.9. The van der Waals surface area contributed by atoms with Gasteiger partial charge in [-0.25, -0.2) is 0 Å². The predicted molar refractivity (Wildman–Crippen MR) is 177 cm³/mol. The Labute approximate surface area is 280 Å². The second-order valence-corrected chi connectivity index (χ2v) is 11.6. The maximum atomic E-state index is 13.4. The second kappa shape index (κ2) is 22.0. The Morgan fingerprint density at radius 3 is 2.21 bits per heavy atom. The number of nitrogens with two attached hydrogens (primary N) is 1. The number of carboxylic acids is 1. The lowest BCUT2D eigenvalue weighted by atomic mass is 9.91. The van der Waals surface area contributed by atoms with Crippen molar-refractivity contribution in [1.29, 1.82) is 0 Å². The Hall–Kier alpha value is -4.65. The van der Waals surface area contributed by atoms with E-state index in [0.717, 1.165) is 5.56 Å². The summed E-state index contributed by atoms with van der Waals surface area (Å²) in [5.74, 6) is -3.40. The molecule has 2 heterocycles. The standard InChI is InChI=1S/C35H47N5O8/c1-2-26(41)7-6-11-32(44)30(12-13-34(46)47)40-33(45)16-20-39-35(48)25(23-28(43)9-5-8-27(42)14-17-36)21-24-15-19-38-31(22-24)29-10-3-4-18-37-29/h3-4,10,15,18-19,22,25,30H,2,5-9,11-14,16-17,20-21,23,36H2,1H3,(H,39,48)(H,40,45)(H,46,47). The lowest BCUT2D eigenvalue weighted by Gasteiger charge is -2.19. The third-order valence-corrected chi connectivity index (χ3v) is 7.71. The number of rotatable bonds is 25. The van der Waals surface area contributed by atoms with E-state index in [1.807, 2.05) is 12.1 Å².